The van der Waals surface area contributed by atoms with E-state index in [2.05, 4.69) is 66.9 Å². The third-order valence-corrected chi connectivity index (χ3v) is 3.38. The van der Waals surface area contributed by atoms with Crippen molar-refractivity contribution in [3.05, 3.63) is 53.9 Å². The molecule has 19 heavy (non-hydrogen) atoms. The Morgan fingerprint density at radius 1 is 1.11 bits per heavy atom. The zero-order valence-corrected chi connectivity index (χ0v) is 12.0. The third kappa shape index (κ3) is 3.93. The highest BCUT2D eigenvalue weighted by molar-refractivity contribution is 5.16. The Morgan fingerprint density at radius 3 is 2.42 bits per heavy atom. The molecule has 102 valence electrons. The van der Waals surface area contributed by atoms with Gasteiger partial charge in [-0.15, -0.1) is 0 Å². The predicted molar refractivity (Wildman–Crippen MR) is 79.3 cm³/mol. The van der Waals surface area contributed by atoms with E-state index in [4.69, 9.17) is 0 Å². The molecule has 1 N–H and O–H groups in total. The highest BCUT2D eigenvalue weighted by Crippen LogP contribution is 2.09. The Morgan fingerprint density at radius 2 is 1.84 bits per heavy atom. The molecule has 0 aliphatic heterocycles. The molecular formula is C16H23N3. The number of hydrogen-bond donors (Lipinski definition) is 1. The van der Waals surface area contributed by atoms with Crippen molar-refractivity contribution in [3.8, 4) is 0 Å². The van der Waals surface area contributed by atoms with Gasteiger partial charge in [-0.3, -0.25) is 4.68 Å². The van der Waals surface area contributed by atoms with Gasteiger partial charge in [-0.05, 0) is 38.9 Å². The number of likely N-dealkylation sites (N-methyl/N-ethyl adjacent to an activating group) is 1. The molecule has 3 heteroatoms. The summed E-state index contributed by atoms with van der Waals surface area (Å²) in [5.41, 5.74) is 2.52. The van der Waals surface area contributed by atoms with Crippen LogP contribution in [0.25, 0.3) is 0 Å². The third-order valence-electron chi connectivity index (χ3n) is 3.38. The predicted octanol–water partition coefficient (Wildman–Crippen LogP) is 2.84. The zero-order chi connectivity index (χ0) is 13.7. The molecular weight excluding hydrogens is 234 g/mol. The first kappa shape index (κ1) is 13.8. The lowest BCUT2D eigenvalue weighted by molar-refractivity contribution is 0.508. The van der Waals surface area contributed by atoms with E-state index in [9.17, 15) is 0 Å². The fraction of sp³-hybridized carbons (Fsp3) is 0.438. The Hall–Kier alpha value is -1.61. The SMILES string of the molecule is CNC(Cc1ccccc1)Cc1ccn(C(C)C)n1. The van der Waals surface area contributed by atoms with Crippen LogP contribution in [0.15, 0.2) is 42.6 Å². The summed E-state index contributed by atoms with van der Waals surface area (Å²) < 4.78 is 2.02. The summed E-state index contributed by atoms with van der Waals surface area (Å²) >= 11 is 0. The van der Waals surface area contributed by atoms with E-state index in [1.54, 1.807) is 0 Å². The van der Waals surface area contributed by atoms with E-state index in [1.165, 1.54) is 5.56 Å². The summed E-state index contributed by atoms with van der Waals surface area (Å²) in [6.45, 7) is 4.30. The molecule has 0 amide bonds. The van der Waals surface area contributed by atoms with Gasteiger partial charge in [0.15, 0.2) is 0 Å². The average molecular weight is 257 g/mol. The molecule has 1 aromatic heterocycles. The smallest absolute Gasteiger partial charge is 0.0640 e. The van der Waals surface area contributed by atoms with Gasteiger partial charge in [-0.25, -0.2) is 0 Å². The van der Waals surface area contributed by atoms with Crippen molar-refractivity contribution in [1.82, 2.24) is 15.1 Å². The van der Waals surface area contributed by atoms with Crippen LogP contribution in [-0.2, 0) is 12.8 Å². The molecule has 1 atom stereocenters. The standard InChI is InChI=1S/C16H23N3/c1-13(2)19-10-9-15(18-19)12-16(17-3)11-14-7-5-4-6-8-14/h4-10,13,16-17H,11-12H2,1-3H3. The van der Waals surface area contributed by atoms with E-state index >= 15 is 0 Å². The van der Waals surface area contributed by atoms with Crippen molar-refractivity contribution < 1.29 is 0 Å². The molecule has 0 saturated carbocycles. The maximum atomic E-state index is 4.62. The van der Waals surface area contributed by atoms with Gasteiger partial charge in [0.25, 0.3) is 0 Å². The second-order valence-corrected chi connectivity index (χ2v) is 5.26. The lowest BCUT2D eigenvalue weighted by Gasteiger charge is -2.15. The Balaban J connectivity index is 1.98. The molecule has 3 nitrogen and oxygen atoms in total. The van der Waals surface area contributed by atoms with Crippen LogP contribution in [0.5, 0.6) is 0 Å². The summed E-state index contributed by atoms with van der Waals surface area (Å²) in [6.07, 6.45) is 4.06. The van der Waals surface area contributed by atoms with Crippen LogP contribution in [0.4, 0.5) is 0 Å². The second-order valence-electron chi connectivity index (χ2n) is 5.26. The van der Waals surface area contributed by atoms with Crippen LogP contribution in [0.1, 0.15) is 31.1 Å². The van der Waals surface area contributed by atoms with Gasteiger partial charge in [0.05, 0.1) is 5.69 Å². The van der Waals surface area contributed by atoms with Gasteiger partial charge < -0.3 is 5.32 Å². The van der Waals surface area contributed by atoms with E-state index in [-0.39, 0.29) is 0 Å². The molecule has 2 rings (SSSR count). The second kappa shape index (κ2) is 6.53. The Bertz CT molecular complexity index is 488. The van der Waals surface area contributed by atoms with Crippen LogP contribution in [0, 0.1) is 0 Å². The van der Waals surface area contributed by atoms with Gasteiger partial charge >= 0.3 is 0 Å². The number of nitrogens with one attached hydrogen (secondary N) is 1. The van der Waals surface area contributed by atoms with Crippen molar-refractivity contribution in [2.75, 3.05) is 7.05 Å². The van der Waals surface area contributed by atoms with E-state index in [0.29, 0.717) is 12.1 Å². The number of benzene rings is 1. The summed E-state index contributed by atoms with van der Waals surface area (Å²) in [4.78, 5) is 0. The van der Waals surface area contributed by atoms with Crippen LogP contribution < -0.4 is 5.32 Å². The monoisotopic (exact) mass is 257 g/mol. The van der Waals surface area contributed by atoms with Crippen LogP contribution >= 0.6 is 0 Å². The minimum atomic E-state index is 0.427. The first-order valence-electron chi connectivity index (χ1n) is 6.94. The Labute approximate surface area is 115 Å². The maximum Gasteiger partial charge on any atom is 0.0640 e. The highest BCUT2D eigenvalue weighted by atomic mass is 15.3. The lowest BCUT2D eigenvalue weighted by atomic mass is 10.0. The molecule has 0 radical (unpaired) electrons. The summed E-state index contributed by atoms with van der Waals surface area (Å²) in [5, 5.41) is 8.00. The molecule has 0 saturated heterocycles. The molecule has 0 spiro atoms. The van der Waals surface area contributed by atoms with E-state index in [0.717, 1.165) is 18.5 Å². The average Bonchev–Trinajstić information content (AvgIpc) is 2.88. The van der Waals surface area contributed by atoms with Gasteiger partial charge in [0.1, 0.15) is 0 Å². The minimum absolute atomic E-state index is 0.427. The lowest BCUT2D eigenvalue weighted by Crippen LogP contribution is -2.30. The topological polar surface area (TPSA) is 29.9 Å². The van der Waals surface area contributed by atoms with Gasteiger partial charge in [-0.1, -0.05) is 30.3 Å². The fourth-order valence-electron chi connectivity index (χ4n) is 2.20. The van der Waals surface area contributed by atoms with Gasteiger partial charge in [-0.2, -0.15) is 5.10 Å². The Kier molecular flexibility index (Phi) is 4.74. The molecule has 1 heterocycles. The normalized spacial score (nSPS) is 12.8. The number of rotatable bonds is 6. The maximum absolute atomic E-state index is 4.62. The zero-order valence-electron chi connectivity index (χ0n) is 12.0. The molecule has 1 unspecified atom stereocenters. The summed E-state index contributed by atoms with van der Waals surface area (Å²) in [7, 11) is 2.02. The van der Waals surface area contributed by atoms with Crippen LogP contribution in [0.3, 0.4) is 0 Å². The van der Waals surface area contributed by atoms with Crippen molar-refractivity contribution in [2.24, 2.45) is 0 Å². The molecule has 0 aliphatic rings. The summed E-state index contributed by atoms with van der Waals surface area (Å²) in [5.74, 6) is 0. The van der Waals surface area contributed by atoms with Gasteiger partial charge in [0.2, 0.25) is 0 Å². The minimum Gasteiger partial charge on any atom is -0.316 e. The van der Waals surface area contributed by atoms with Crippen molar-refractivity contribution in [1.29, 1.82) is 0 Å². The van der Waals surface area contributed by atoms with Crippen molar-refractivity contribution in [3.63, 3.8) is 0 Å². The number of nitrogens with zero attached hydrogens (tertiary/aromatic N) is 2. The fourth-order valence-corrected chi connectivity index (χ4v) is 2.20. The number of aromatic nitrogens is 2. The molecule has 2 aromatic rings. The molecule has 0 bridgehead atoms. The molecule has 0 aliphatic carbocycles. The van der Waals surface area contributed by atoms with Crippen molar-refractivity contribution >= 4 is 0 Å². The molecule has 1 aromatic carbocycles. The largest absolute Gasteiger partial charge is 0.316 e. The molecule has 0 fully saturated rings. The van der Waals surface area contributed by atoms with Crippen LogP contribution in [-0.4, -0.2) is 22.9 Å². The first-order valence-corrected chi connectivity index (χ1v) is 6.94. The van der Waals surface area contributed by atoms with Crippen LogP contribution in [0.2, 0.25) is 0 Å². The van der Waals surface area contributed by atoms with E-state index in [1.807, 2.05) is 11.7 Å². The quantitative estimate of drug-likeness (QED) is 0.862. The van der Waals surface area contributed by atoms with Gasteiger partial charge in [0, 0.05) is 24.7 Å². The highest BCUT2D eigenvalue weighted by Gasteiger charge is 2.11. The number of hydrogen-bond acceptors (Lipinski definition) is 2. The van der Waals surface area contributed by atoms with E-state index < -0.39 is 0 Å². The van der Waals surface area contributed by atoms with Crippen molar-refractivity contribution in [2.45, 2.75) is 38.8 Å². The first-order chi connectivity index (χ1) is 9.19. The summed E-state index contributed by atoms with van der Waals surface area (Å²) in [6, 6.07) is 13.6.